The SMILES string of the molecule is CCNC(=NCc1ccccc1CN(C)C)NCCSc1ccccc1. The van der Waals surface area contributed by atoms with Crippen LogP contribution < -0.4 is 10.6 Å². The van der Waals surface area contributed by atoms with Crippen LogP contribution in [0.3, 0.4) is 0 Å². The lowest BCUT2D eigenvalue weighted by Gasteiger charge is -2.14. The average molecular weight is 371 g/mol. The van der Waals surface area contributed by atoms with E-state index in [1.165, 1.54) is 16.0 Å². The lowest BCUT2D eigenvalue weighted by molar-refractivity contribution is 0.401. The van der Waals surface area contributed by atoms with Gasteiger partial charge in [0.1, 0.15) is 0 Å². The molecule has 0 fully saturated rings. The number of hydrogen-bond donors (Lipinski definition) is 2. The van der Waals surface area contributed by atoms with E-state index < -0.39 is 0 Å². The van der Waals surface area contributed by atoms with Gasteiger partial charge < -0.3 is 15.5 Å². The van der Waals surface area contributed by atoms with Crippen molar-refractivity contribution in [1.29, 1.82) is 0 Å². The van der Waals surface area contributed by atoms with E-state index in [0.29, 0.717) is 6.54 Å². The number of guanidine groups is 1. The summed E-state index contributed by atoms with van der Waals surface area (Å²) in [6, 6.07) is 19.0. The fourth-order valence-corrected chi connectivity index (χ4v) is 3.36. The van der Waals surface area contributed by atoms with Crippen molar-refractivity contribution in [2.45, 2.75) is 24.9 Å². The summed E-state index contributed by atoms with van der Waals surface area (Å²) >= 11 is 1.85. The first-order chi connectivity index (χ1) is 12.7. The number of aliphatic imine (C=N–C) groups is 1. The van der Waals surface area contributed by atoms with E-state index >= 15 is 0 Å². The highest BCUT2D eigenvalue weighted by Crippen LogP contribution is 2.15. The van der Waals surface area contributed by atoms with Crippen LogP contribution in [0.15, 0.2) is 64.5 Å². The van der Waals surface area contributed by atoms with Crippen LogP contribution in [0.25, 0.3) is 0 Å². The topological polar surface area (TPSA) is 39.7 Å². The average Bonchev–Trinajstić information content (AvgIpc) is 2.64. The van der Waals surface area contributed by atoms with Gasteiger partial charge in [-0.3, -0.25) is 0 Å². The molecule has 0 aliphatic rings. The fraction of sp³-hybridized carbons (Fsp3) is 0.381. The molecule has 0 unspecified atom stereocenters. The Hall–Kier alpha value is -1.98. The first kappa shape index (κ1) is 20.3. The third kappa shape index (κ3) is 7.50. The second kappa shape index (κ2) is 11.6. The van der Waals surface area contributed by atoms with Crippen LogP contribution in [0, 0.1) is 0 Å². The molecule has 26 heavy (non-hydrogen) atoms. The monoisotopic (exact) mass is 370 g/mol. The zero-order valence-electron chi connectivity index (χ0n) is 16.0. The van der Waals surface area contributed by atoms with E-state index in [1.54, 1.807) is 0 Å². The molecular formula is C21H30N4S. The van der Waals surface area contributed by atoms with Gasteiger partial charge >= 0.3 is 0 Å². The first-order valence-electron chi connectivity index (χ1n) is 9.10. The van der Waals surface area contributed by atoms with Crippen molar-refractivity contribution in [3.05, 3.63) is 65.7 Å². The quantitative estimate of drug-likeness (QED) is 0.306. The molecule has 4 nitrogen and oxygen atoms in total. The van der Waals surface area contributed by atoms with Crippen LogP contribution in [0.1, 0.15) is 18.1 Å². The predicted octanol–water partition coefficient (Wildman–Crippen LogP) is 3.60. The fourth-order valence-electron chi connectivity index (χ4n) is 2.57. The molecule has 5 heteroatoms. The minimum atomic E-state index is 0.686. The Morgan fingerprint density at radius 1 is 0.962 bits per heavy atom. The maximum Gasteiger partial charge on any atom is 0.191 e. The van der Waals surface area contributed by atoms with E-state index in [1.807, 2.05) is 17.8 Å². The number of benzene rings is 2. The van der Waals surface area contributed by atoms with Crippen LogP contribution in [0.5, 0.6) is 0 Å². The van der Waals surface area contributed by atoms with Crippen molar-refractivity contribution >= 4 is 17.7 Å². The second-order valence-electron chi connectivity index (χ2n) is 6.29. The number of nitrogens with one attached hydrogen (secondary N) is 2. The summed E-state index contributed by atoms with van der Waals surface area (Å²) in [7, 11) is 4.19. The zero-order chi connectivity index (χ0) is 18.6. The van der Waals surface area contributed by atoms with Gasteiger partial charge in [-0.25, -0.2) is 4.99 Å². The van der Waals surface area contributed by atoms with Crippen molar-refractivity contribution < 1.29 is 0 Å². The molecule has 2 aromatic carbocycles. The molecule has 0 saturated carbocycles. The molecule has 0 amide bonds. The molecule has 0 aliphatic carbocycles. The van der Waals surface area contributed by atoms with E-state index in [-0.39, 0.29) is 0 Å². The predicted molar refractivity (Wildman–Crippen MR) is 114 cm³/mol. The normalized spacial score (nSPS) is 11.6. The highest BCUT2D eigenvalue weighted by atomic mass is 32.2. The van der Waals surface area contributed by atoms with Gasteiger partial charge in [-0.15, -0.1) is 11.8 Å². The minimum absolute atomic E-state index is 0.686. The maximum absolute atomic E-state index is 4.76. The molecule has 0 aliphatic heterocycles. The van der Waals surface area contributed by atoms with E-state index in [2.05, 4.69) is 85.1 Å². The van der Waals surface area contributed by atoms with Crippen molar-refractivity contribution in [1.82, 2.24) is 15.5 Å². The molecule has 140 valence electrons. The highest BCUT2D eigenvalue weighted by molar-refractivity contribution is 7.99. The molecule has 0 spiro atoms. The second-order valence-corrected chi connectivity index (χ2v) is 7.46. The number of rotatable bonds is 9. The van der Waals surface area contributed by atoms with Crippen molar-refractivity contribution in [3.8, 4) is 0 Å². The minimum Gasteiger partial charge on any atom is -0.357 e. The van der Waals surface area contributed by atoms with Crippen molar-refractivity contribution in [2.24, 2.45) is 4.99 Å². The first-order valence-corrected chi connectivity index (χ1v) is 10.1. The smallest absolute Gasteiger partial charge is 0.191 e. The summed E-state index contributed by atoms with van der Waals surface area (Å²) in [4.78, 5) is 8.25. The third-order valence-corrected chi connectivity index (χ3v) is 4.78. The van der Waals surface area contributed by atoms with E-state index in [0.717, 1.165) is 31.3 Å². The Morgan fingerprint density at radius 2 is 1.65 bits per heavy atom. The summed E-state index contributed by atoms with van der Waals surface area (Å²) in [6.07, 6.45) is 0. The van der Waals surface area contributed by atoms with Crippen molar-refractivity contribution in [3.63, 3.8) is 0 Å². The largest absolute Gasteiger partial charge is 0.357 e. The Bertz CT molecular complexity index is 671. The Morgan fingerprint density at radius 3 is 2.35 bits per heavy atom. The molecule has 0 bridgehead atoms. The Labute approximate surface area is 162 Å². The maximum atomic E-state index is 4.76. The van der Waals surface area contributed by atoms with Crippen LogP contribution in [-0.4, -0.2) is 43.8 Å². The molecule has 0 heterocycles. The Kier molecular flexibility index (Phi) is 9.07. The van der Waals surface area contributed by atoms with Gasteiger partial charge in [-0.1, -0.05) is 42.5 Å². The van der Waals surface area contributed by atoms with Gasteiger partial charge in [0.25, 0.3) is 0 Å². The van der Waals surface area contributed by atoms with Gasteiger partial charge in [-0.05, 0) is 44.3 Å². The summed E-state index contributed by atoms with van der Waals surface area (Å²) < 4.78 is 0. The third-order valence-electron chi connectivity index (χ3n) is 3.76. The van der Waals surface area contributed by atoms with Crippen molar-refractivity contribution in [2.75, 3.05) is 32.9 Å². The standard InChI is InChI=1S/C21H30N4S/c1-4-22-21(23-14-15-26-20-12-6-5-7-13-20)24-16-18-10-8-9-11-19(18)17-25(2)3/h5-13H,4,14-17H2,1-3H3,(H2,22,23,24). The number of hydrogen-bond acceptors (Lipinski definition) is 3. The van der Waals surface area contributed by atoms with Crippen LogP contribution in [0.2, 0.25) is 0 Å². The number of nitrogens with zero attached hydrogens (tertiary/aromatic N) is 2. The van der Waals surface area contributed by atoms with Gasteiger partial charge in [0.2, 0.25) is 0 Å². The molecule has 0 radical (unpaired) electrons. The molecule has 2 N–H and O–H groups in total. The summed E-state index contributed by atoms with van der Waals surface area (Å²) in [5.74, 6) is 1.88. The number of thioether (sulfide) groups is 1. The van der Waals surface area contributed by atoms with Gasteiger partial charge in [0.15, 0.2) is 5.96 Å². The lowest BCUT2D eigenvalue weighted by atomic mass is 10.1. The summed E-state index contributed by atoms with van der Waals surface area (Å²) in [5.41, 5.74) is 2.61. The molecular weight excluding hydrogens is 340 g/mol. The van der Waals surface area contributed by atoms with Gasteiger partial charge in [-0.2, -0.15) is 0 Å². The van der Waals surface area contributed by atoms with Gasteiger partial charge in [0, 0.05) is 30.3 Å². The zero-order valence-corrected chi connectivity index (χ0v) is 16.9. The summed E-state index contributed by atoms with van der Waals surface area (Å²) in [5, 5.41) is 6.76. The summed E-state index contributed by atoms with van der Waals surface area (Å²) in [6.45, 7) is 5.45. The van der Waals surface area contributed by atoms with Crippen LogP contribution in [-0.2, 0) is 13.1 Å². The van der Waals surface area contributed by atoms with Gasteiger partial charge in [0.05, 0.1) is 6.54 Å². The Balaban J connectivity index is 1.88. The molecule has 0 aromatic heterocycles. The molecule has 0 saturated heterocycles. The van der Waals surface area contributed by atoms with E-state index in [9.17, 15) is 0 Å². The van der Waals surface area contributed by atoms with E-state index in [4.69, 9.17) is 4.99 Å². The van der Waals surface area contributed by atoms with Crippen LogP contribution >= 0.6 is 11.8 Å². The molecule has 2 aromatic rings. The highest BCUT2D eigenvalue weighted by Gasteiger charge is 2.04. The lowest BCUT2D eigenvalue weighted by Crippen LogP contribution is -2.38. The molecule has 0 atom stereocenters. The van der Waals surface area contributed by atoms with Crippen LogP contribution in [0.4, 0.5) is 0 Å². The molecule has 2 rings (SSSR count).